The minimum atomic E-state index is 0.659. The van der Waals surface area contributed by atoms with Gasteiger partial charge < -0.3 is 4.74 Å². The molecular weight excluding hydrogens is 184 g/mol. The van der Waals surface area contributed by atoms with Gasteiger partial charge >= 0.3 is 0 Å². The maximum atomic E-state index is 5.20. The van der Waals surface area contributed by atoms with Crippen LogP contribution < -0.4 is 0 Å². The molecule has 0 aliphatic rings. The Labute approximate surface area is 93.5 Å². The van der Waals surface area contributed by atoms with Gasteiger partial charge in [0.2, 0.25) is 0 Å². The average Bonchev–Trinajstić information content (AvgIpc) is 2.29. The molecule has 0 heterocycles. The van der Waals surface area contributed by atoms with Crippen molar-refractivity contribution < 1.29 is 4.74 Å². The fourth-order valence-electron chi connectivity index (χ4n) is 1.81. The van der Waals surface area contributed by atoms with Crippen molar-refractivity contribution in [2.45, 2.75) is 46.1 Å². The molecule has 1 atom stereocenters. The summed E-state index contributed by atoms with van der Waals surface area (Å²) in [5.41, 5.74) is 4.20. The summed E-state index contributed by atoms with van der Waals surface area (Å²) in [5.74, 6) is 0.659. The number of rotatable bonds is 5. The summed E-state index contributed by atoms with van der Waals surface area (Å²) < 4.78 is 5.20. The molecule has 0 spiro atoms. The predicted molar refractivity (Wildman–Crippen MR) is 65.2 cm³/mol. The quantitative estimate of drug-likeness (QED) is 0.709. The topological polar surface area (TPSA) is 9.23 Å². The van der Waals surface area contributed by atoms with E-state index in [1.807, 2.05) is 0 Å². The zero-order valence-corrected chi connectivity index (χ0v) is 10.3. The lowest BCUT2D eigenvalue weighted by Gasteiger charge is -2.13. The fraction of sp³-hybridized carbons (Fsp3) is 0.571. The van der Waals surface area contributed by atoms with Gasteiger partial charge in [-0.1, -0.05) is 39.0 Å². The van der Waals surface area contributed by atoms with Crippen LogP contribution in [0.4, 0.5) is 0 Å². The number of ether oxygens (including phenoxy) is 1. The summed E-state index contributed by atoms with van der Waals surface area (Å²) in [5, 5.41) is 0. The van der Waals surface area contributed by atoms with E-state index in [-0.39, 0.29) is 0 Å². The molecule has 0 radical (unpaired) electrons. The summed E-state index contributed by atoms with van der Waals surface area (Å²) >= 11 is 0. The summed E-state index contributed by atoms with van der Waals surface area (Å²) in [6, 6.07) is 6.79. The van der Waals surface area contributed by atoms with Crippen molar-refractivity contribution in [3.63, 3.8) is 0 Å². The normalized spacial score (nSPS) is 12.8. The van der Waals surface area contributed by atoms with Crippen LogP contribution in [-0.4, -0.2) is 7.11 Å². The van der Waals surface area contributed by atoms with Gasteiger partial charge in [-0.2, -0.15) is 0 Å². The third-order valence-electron chi connectivity index (χ3n) is 3.09. The molecule has 0 saturated heterocycles. The Bertz CT molecular complexity index is 304. The second kappa shape index (κ2) is 5.92. The molecule has 1 unspecified atom stereocenters. The van der Waals surface area contributed by atoms with Crippen LogP contribution in [0.2, 0.25) is 0 Å². The molecule has 1 nitrogen and oxygen atoms in total. The maximum absolute atomic E-state index is 5.20. The molecule has 1 heteroatoms. The summed E-state index contributed by atoms with van der Waals surface area (Å²) in [4.78, 5) is 0. The lowest BCUT2D eigenvalue weighted by Crippen LogP contribution is -1.99. The van der Waals surface area contributed by atoms with E-state index >= 15 is 0 Å². The molecule has 15 heavy (non-hydrogen) atoms. The molecule has 0 fully saturated rings. The highest BCUT2D eigenvalue weighted by Crippen LogP contribution is 2.22. The largest absolute Gasteiger partial charge is 0.380 e. The van der Waals surface area contributed by atoms with Crippen molar-refractivity contribution in [3.05, 3.63) is 34.9 Å². The number of hydrogen-bond donors (Lipinski definition) is 0. The Morgan fingerprint density at radius 1 is 1.20 bits per heavy atom. The van der Waals surface area contributed by atoms with Crippen LogP contribution in [0.1, 0.15) is 49.8 Å². The van der Waals surface area contributed by atoms with Crippen molar-refractivity contribution in [1.82, 2.24) is 0 Å². The van der Waals surface area contributed by atoms with E-state index in [1.165, 1.54) is 23.1 Å². The van der Waals surface area contributed by atoms with Crippen molar-refractivity contribution in [1.29, 1.82) is 0 Å². The number of hydrogen-bond acceptors (Lipinski definition) is 1. The van der Waals surface area contributed by atoms with Gasteiger partial charge in [0, 0.05) is 7.11 Å². The van der Waals surface area contributed by atoms with Gasteiger partial charge in [0.25, 0.3) is 0 Å². The SMILES string of the molecule is CCc1cc(C(C)CC)ccc1COC. The standard InChI is InChI=1S/C14H22O/c1-5-11(3)13-7-8-14(10-15-4)12(6-2)9-13/h7-9,11H,5-6,10H2,1-4H3. The number of aryl methyl sites for hydroxylation is 1. The Hall–Kier alpha value is -0.820. The third kappa shape index (κ3) is 3.07. The van der Waals surface area contributed by atoms with Crippen LogP contribution in [0.25, 0.3) is 0 Å². The monoisotopic (exact) mass is 206 g/mol. The van der Waals surface area contributed by atoms with Crippen LogP contribution in [0.3, 0.4) is 0 Å². The molecule has 0 aliphatic heterocycles. The lowest BCUT2D eigenvalue weighted by atomic mass is 9.94. The van der Waals surface area contributed by atoms with Crippen LogP contribution in [-0.2, 0) is 17.8 Å². The van der Waals surface area contributed by atoms with E-state index in [9.17, 15) is 0 Å². The molecule has 0 aliphatic carbocycles. The lowest BCUT2D eigenvalue weighted by molar-refractivity contribution is 0.184. The second-order valence-corrected chi connectivity index (χ2v) is 4.12. The predicted octanol–water partition coefficient (Wildman–Crippen LogP) is 3.91. The Kier molecular flexibility index (Phi) is 4.83. The van der Waals surface area contributed by atoms with E-state index in [0.29, 0.717) is 5.92 Å². The van der Waals surface area contributed by atoms with Crippen molar-refractivity contribution >= 4 is 0 Å². The molecule has 1 aromatic carbocycles. The molecule has 1 rings (SSSR count). The molecule has 84 valence electrons. The highest BCUT2D eigenvalue weighted by molar-refractivity contribution is 5.33. The first-order valence-corrected chi connectivity index (χ1v) is 5.83. The van der Waals surface area contributed by atoms with Gasteiger partial charge in [-0.15, -0.1) is 0 Å². The fourth-order valence-corrected chi connectivity index (χ4v) is 1.81. The van der Waals surface area contributed by atoms with Crippen LogP contribution in [0.15, 0.2) is 18.2 Å². The van der Waals surface area contributed by atoms with Crippen LogP contribution in [0, 0.1) is 0 Å². The first-order valence-electron chi connectivity index (χ1n) is 5.83. The highest BCUT2D eigenvalue weighted by Gasteiger charge is 2.06. The zero-order valence-electron chi connectivity index (χ0n) is 10.3. The maximum Gasteiger partial charge on any atom is 0.0715 e. The molecular formula is C14H22O. The molecule has 0 N–H and O–H groups in total. The summed E-state index contributed by atoms with van der Waals surface area (Å²) in [7, 11) is 1.75. The molecule has 0 aromatic heterocycles. The number of methoxy groups -OCH3 is 1. The molecule has 1 aromatic rings. The van der Waals surface area contributed by atoms with Crippen LogP contribution in [0.5, 0.6) is 0 Å². The van der Waals surface area contributed by atoms with Gasteiger partial charge in [0.15, 0.2) is 0 Å². The van der Waals surface area contributed by atoms with Gasteiger partial charge in [-0.3, -0.25) is 0 Å². The Balaban J connectivity index is 2.96. The first kappa shape index (κ1) is 12.3. The van der Waals surface area contributed by atoms with E-state index < -0.39 is 0 Å². The number of benzene rings is 1. The van der Waals surface area contributed by atoms with E-state index in [0.717, 1.165) is 13.0 Å². The smallest absolute Gasteiger partial charge is 0.0715 e. The Morgan fingerprint density at radius 3 is 2.47 bits per heavy atom. The summed E-state index contributed by atoms with van der Waals surface area (Å²) in [6.45, 7) is 7.45. The highest BCUT2D eigenvalue weighted by atomic mass is 16.5. The van der Waals surface area contributed by atoms with Crippen molar-refractivity contribution in [2.75, 3.05) is 7.11 Å². The minimum Gasteiger partial charge on any atom is -0.380 e. The minimum absolute atomic E-state index is 0.659. The van der Waals surface area contributed by atoms with E-state index in [2.05, 4.69) is 39.0 Å². The zero-order chi connectivity index (χ0) is 11.3. The first-order chi connectivity index (χ1) is 7.22. The van der Waals surface area contributed by atoms with Crippen molar-refractivity contribution in [2.24, 2.45) is 0 Å². The van der Waals surface area contributed by atoms with Gasteiger partial charge in [0.1, 0.15) is 0 Å². The second-order valence-electron chi connectivity index (χ2n) is 4.12. The Morgan fingerprint density at radius 2 is 1.93 bits per heavy atom. The molecule has 0 bridgehead atoms. The van der Waals surface area contributed by atoms with Gasteiger partial charge in [-0.25, -0.2) is 0 Å². The van der Waals surface area contributed by atoms with Gasteiger partial charge in [-0.05, 0) is 35.4 Å². The third-order valence-corrected chi connectivity index (χ3v) is 3.09. The molecule has 0 amide bonds. The van der Waals surface area contributed by atoms with Gasteiger partial charge in [0.05, 0.1) is 6.61 Å². The van der Waals surface area contributed by atoms with Crippen molar-refractivity contribution in [3.8, 4) is 0 Å². The molecule has 0 saturated carbocycles. The average molecular weight is 206 g/mol. The van der Waals surface area contributed by atoms with E-state index in [1.54, 1.807) is 7.11 Å². The van der Waals surface area contributed by atoms with Crippen LogP contribution >= 0.6 is 0 Å². The van der Waals surface area contributed by atoms with E-state index in [4.69, 9.17) is 4.74 Å². The summed E-state index contributed by atoms with van der Waals surface area (Å²) in [6.07, 6.45) is 2.29.